The van der Waals surface area contributed by atoms with Crippen LogP contribution in [0, 0.1) is 0 Å². The molecule has 0 bridgehead atoms. The van der Waals surface area contributed by atoms with Crippen LogP contribution in [-0.4, -0.2) is 60.0 Å². The van der Waals surface area contributed by atoms with E-state index >= 15 is 0 Å². The third-order valence-corrected chi connectivity index (χ3v) is 4.85. The molecule has 0 unspecified atom stereocenters. The van der Waals surface area contributed by atoms with Gasteiger partial charge in [-0.05, 0) is 26.8 Å². The maximum absolute atomic E-state index is 12.7. The third kappa shape index (κ3) is 3.88. The minimum absolute atomic E-state index is 0.00608. The normalized spacial score (nSPS) is 29.0. The number of urea groups is 1. The summed E-state index contributed by atoms with van der Waals surface area (Å²) >= 11 is 0. The SMILES string of the molecule is CCOc1ncccc1CNC(=O)N1C[C@H](C)O[C@]2(CCO[C@@H]2C)C1. The number of pyridine rings is 1. The van der Waals surface area contributed by atoms with Crippen LogP contribution in [-0.2, 0) is 16.0 Å². The van der Waals surface area contributed by atoms with Crippen molar-refractivity contribution in [2.45, 2.75) is 51.5 Å². The van der Waals surface area contributed by atoms with Gasteiger partial charge in [-0.2, -0.15) is 0 Å². The molecule has 7 nitrogen and oxygen atoms in total. The molecule has 138 valence electrons. The van der Waals surface area contributed by atoms with Crippen molar-refractivity contribution in [3.05, 3.63) is 23.9 Å². The molecule has 3 atom stereocenters. The van der Waals surface area contributed by atoms with Crippen LogP contribution in [0.2, 0.25) is 0 Å². The molecule has 1 aromatic heterocycles. The maximum atomic E-state index is 12.7. The number of hydrogen-bond donors (Lipinski definition) is 1. The smallest absolute Gasteiger partial charge is 0.317 e. The number of rotatable bonds is 4. The molecule has 0 saturated carbocycles. The molecular weight excluding hydrogens is 322 g/mol. The van der Waals surface area contributed by atoms with E-state index in [2.05, 4.69) is 10.3 Å². The van der Waals surface area contributed by atoms with Gasteiger partial charge in [0.1, 0.15) is 5.60 Å². The first kappa shape index (κ1) is 17.9. The van der Waals surface area contributed by atoms with E-state index in [0.717, 1.165) is 12.0 Å². The second-order valence-electron chi connectivity index (χ2n) is 6.70. The molecule has 1 aromatic rings. The molecule has 2 amide bonds. The molecule has 2 fully saturated rings. The number of nitrogens with zero attached hydrogens (tertiary/aromatic N) is 2. The predicted octanol–water partition coefficient (Wildman–Crippen LogP) is 1.96. The Morgan fingerprint density at radius 3 is 3.08 bits per heavy atom. The van der Waals surface area contributed by atoms with E-state index < -0.39 is 0 Å². The van der Waals surface area contributed by atoms with Crippen molar-refractivity contribution >= 4 is 6.03 Å². The van der Waals surface area contributed by atoms with Gasteiger partial charge in [-0.3, -0.25) is 0 Å². The summed E-state index contributed by atoms with van der Waals surface area (Å²) in [6, 6.07) is 3.65. The number of ether oxygens (including phenoxy) is 3. The fourth-order valence-corrected chi connectivity index (χ4v) is 3.56. The van der Waals surface area contributed by atoms with Gasteiger partial charge in [-0.1, -0.05) is 6.07 Å². The highest BCUT2D eigenvalue weighted by Gasteiger charge is 2.48. The van der Waals surface area contributed by atoms with Crippen LogP contribution >= 0.6 is 0 Å². The average molecular weight is 349 g/mol. The lowest BCUT2D eigenvalue weighted by atomic mass is 9.93. The van der Waals surface area contributed by atoms with Crippen LogP contribution < -0.4 is 10.1 Å². The highest BCUT2D eigenvalue weighted by Crippen LogP contribution is 2.35. The number of morpholine rings is 1. The molecule has 25 heavy (non-hydrogen) atoms. The first-order valence-corrected chi connectivity index (χ1v) is 8.93. The Balaban J connectivity index is 1.63. The lowest BCUT2D eigenvalue weighted by Gasteiger charge is -2.45. The van der Waals surface area contributed by atoms with Crippen LogP contribution in [0.25, 0.3) is 0 Å². The standard InChI is InChI=1S/C18H27N3O4/c1-4-23-16-15(6-5-8-19-16)10-20-17(22)21-11-13(2)25-18(12-21)7-9-24-14(18)3/h5-6,8,13-14H,4,7,9-12H2,1-3H3,(H,20,22)/t13-,14+,18+/m0/s1. The summed E-state index contributed by atoms with van der Waals surface area (Å²) in [6.07, 6.45) is 2.49. The lowest BCUT2D eigenvalue weighted by molar-refractivity contribution is -0.159. The Labute approximate surface area is 148 Å². The van der Waals surface area contributed by atoms with Crippen LogP contribution in [0.3, 0.4) is 0 Å². The van der Waals surface area contributed by atoms with E-state index in [4.69, 9.17) is 14.2 Å². The van der Waals surface area contributed by atoms with Gasteiger partial charge in [-0.25, -0.2) is 9.78 Å². The van der Waals surface area contributed by atoms with Crippen molar-refractivity contribution in [3.8, 4) is 5.88 Å². The largest absolute Gasteiger partial charge is 0.478 e. The van der Waals surface area contributed by atoms with Crippen molar-refractivity contribution in [1.29, 1.82) is 0 Å². The summed E-state index contributed by atoms with van der Waals surface area (Å²) in [4.78, 5) is 18.7. The number of carbonyl (C=O) groups is 1. The Morgan fingerprint density at radius 1 is 1.52 bits per heavy atom. The van der Waals surface area contributed by atoms with E-state index in [-0.39, 0.29) is 23.8 Å². The first-order chi connectivity index (χ1) is 12.0. The summed E-state index contributed by atoms with van der Waals surface area (Å²) in [5.74, 6) is 0.565. The van der Waals surface area contributed by atoms with Crippen LogP contribution in [0.4, 0.5) is 4.79 Å². The fourth-order valence-electron chi connectivity index (χ4n) is 3.56. The highest BCUT2D eigenvalue weighted by molar-refractivity contribution is 5.74. The summed E-state index contributed by atoms with van der Waals surface area (Å²) in [5.41, 5.74) is 0.478. The molecular formula is C18H27N3O4. The molecule has 0 aromatic carbocycles. The fraction of sp³-hybridized carbons (Fsp3) is 0.667. The zero-order valence-corrected chi connectivity index (χ0v) is 15.2. The molecule has 1 spiro atoms. The van der Waals surface area contributed by atoms with Gasteiger partial charge in [0.15, 0.2) is 0 Å². The van der Waals surface area contributed by atoms with Crippen LogP contribution in [0.1, 0.15) is 32.8 Å². The number of nitrogens with one attached hydrogen (secondary N) is 1. The molecule has 3 rings (SSSR count). The van der Waals surface area contributed by atoms with E-state index in [1.165, 1.54) is 0 Å². The quantitative estimate of drug-likeness (QED) is 0.900. The summed E-state index contributed by atoms with van der Waals surface area (Å²) in [6.45, 7) is 8.66. The third-order valence-electron chi connectivity index (χ3n) is 4.85. The number of amides is 2. The Bertz CT molecular complexity index is 612. The Morgan fingerprint density at radius 2 is 2.36 bits per heavy atom. The zero-order chi connectivity index (χ0) is 17.9. The van der Waals surface area contributed by atoms with Crippen molar-refractivity contribution in [2.24, 2.45) is 0 Å². The number of hydrogen-bond acceptors (Lipinski definition) is 5. The lowest BCUT2D eigenvalue weighted by Crippen LogP contribution is -2.60. The summed E-state index contributed by atoms with van der Waals surface area (Å²) in [5, 5.41) is 2.98. The van der Waals surface area contributed by atoms with Gasteiger partial charge >= 0.3 is 6.03 Å². The molecule has 3 heterocycles. The second kappa shape index (κ2) is 7.58. The van der Waals surface area contributed by atoms with Gasteiger partial charge in [0.2, 0.25) is 5.88 Å². The predicted molar refractivity (Wildman–Crippen MR) is 92.5 cm³/mol. The van der Waals surface area contributed by atoms with Gasteiger partial charge in [0.05, 0.1) is 25.4 Å². The summed E-state index contributed by atoms with van der Waals surface area (Å²) < 4.78 is 17.4. The average Bonchev–Trinajstić information content (AvgIpc) is 2.93. The van der Waals surface area contributed by atoms with E-state index in [1.807, 2.05) is 37.8 Å². The topological polar surface area (TPSA) is 72.9 Å². The molecule has 2 aliphatic heterocycles. The minimum atomic E-state index is -0.389. The van der Waals surface area contributed by atoms with Crippen molar-refractivity contribution in [2.75, 3.05) is 26.3 Å². The van der Waals surface area contributed by atoms with Gasteiger partial charge < -0.3 is 24.4 Å². The maximum Gasteiger partial charge on any atom is 0.317 e. The monoisotopic (exact) mass is 349 g/mol. The highest BCUT2D eigenvalue weighted by atomic mass is 16.6. The number of carbonyl (C=O) groups excluding carboxylic acids is 1. The van der Waals surface area contributed by atoms with Gasteiger partial charge in [0.25, 0.3) is 0 Å². The molecule has 0 aliphatic carbocycles. The van der Waals surface area contributed by atoms with E-state index in [9.17, 15) is 4.79 Å². The molecule has 2 aliphatic rings. The first-order valence-electron chi connectivity index (χ1n) is 8.93. The zero-order valence-electron chi connectivity index (χ0n) is 15.2. The second-order valence-corrected chi connectivity index (χ2v) is 6.70. The number of aromatic nitrogens is 1. The molecule has 0 radical (unpaired) electrons. The van der Waals surface area contributed by atoms with Crippen molar-refractivity contribution < 1.29 is 19.0 Å². The Kier molecular flexibility index (Phi) is 5.44. The minimum Gasteiger partial charge on any atom is -0.478 e. The van der Waals surface area contributed by atoms with Crippen molar-refractivity contribution in [3.63, 3.8) is 0 Å². The summed E-state index contributed by atoms with van der Waals surface area (Å²) in [7, 11) is 0. The van der Waals surface area contributed by atoms with Crippen LogP contribution in [0.5, 0.6) is 5.88 Å². The van der Waals surface area contributed by atoms with Crippen molar-refractivity contribution in [1.82, 2.24) is 15.2 Å². The van der Waals surface area contributed by atoms with E-state index in [0.29, 0.717) is 38.7 Å². The van der Waals surface area contributed by atoms with Gasteiger partial charge in [0, 0.05) is 37.9 Å². The molecule has 1 N–H and O–H groups in total. The molecule has 7 heteroatoms. The van der Waals surface area contributed by atoms with Crippen LogP contribution in [0.15, 0.2) is 18.3 Å². The van der Waals surface area contributed by atoms with E-state index in [1.54, 1.807) is 6.20 Å². The van der Waals surface area contributed by atoms with Gasteiger partial charge in [-0.15, -0.1) is 0 Å². The molecule has 2 saturated heterocycles. The Hall–Kier alpha value is -1.86.